The standard InChI is InChI=1S/C16H24N2O4S/c1-12-4-5-13(2)15(10-12)23(20,21)17-14-6-8-18(9-7-14)16(19)11-22-3/h4-5,10,14,17H,6-9,11H2,1-3H3. The molecular formula is C16H24N2O4S. The molecular weight excluding hydrogens is 316 g/mol. The number of rotatable bonds is 5. The Balaban J connectivity index is 2.00. The molecule has 23 heavy (non-hydrogen) atoms. The van der Waals surface area contributed by atoms with E-state index in [1.54, 1.807) is 17.9 Å². The topological polar surface area (TPSA) is 75.7 Å². The Morgan fingerprint density at radius 2 is 1.96 bits per heavy atom. The Kier molecular flexibility index (Phi) is 5.78. The van der Waals surface area contributed by atoms with Crippen molar-refractivity contribution in [2.75, 3.05) is 26.8 Å². The molecule has 1 aliphatic rings. The third-order valence-electron chi connectivity index (χ3n) is 4.07. The van der Waals surface area contributed by atoms with Gasteiger partial charge in [-0.25, -0.2) is 13.1 Å². The zero-order valence-electron chi connectivity index (χ0n) is 13.8. The average Bonchev–Trinajstić information content (AvgIpc) is 2.50. The number of methoxy groups -OCH3 is 1. The van der Waals surface area contributed by atoms with Gasteiger partial charge >= 0.3 is 0 Å². The van der Waals surface area contributed by atoms with E-state index in [4.69, 9.17) is 4.74 Å². The summed E-state index contributed by atoms with van der Waals surface area (Å²) < 4.78 is 32.8. The minimum Gasteiger partial charge on any atom is -0.375 e. The van der Waals surface area contributed by atoms with Crippen LogP contribution in [0.1, 0.15) is 24.0 Å². The van der Waals surface area contributed by atoms with Gasteiger partial charge in [-0.1, -0.05) is 12.1 Å². The smallest absolute Gasteiger partial charge is 0.248 e. The molecule has 1 fully saturated rings. The van der Waals surface area contributed by atoms with E-state index >= 15 is 0 Å². The lowest BCUT2D eigenvalue weighted by molar-refractivity contribution is -0.136. The van der Waals surface area contributed by atoms with Gasteiger partial charge in [0.15, 0.2) is 0 Å². The maximum Gasteiger partial charge on any atom is 0.248 e. The van der Waals surface area contributed by atoms with Gasteiger partial charge in [-0.3, -0.25) is 4.79 Å². The van der Waals surface area contributed by atoms with Crippen molar-refractivity contribution >= 4 is 15.9 Å². The first-order chi connectivity index (χ1) is 10.8. The molecule has 1 N–H and O–H groups in total. The van der Waals surface area contributed by atoms with Crippen LogP contribution in [0.25, 0.3) is 0 Å². The highest BCUT2D eigenvalue weighted by atomic mass is 32.2. The molecule has 1 saturated heterocycles. The van der Waals surface area contributed by atoms with Gasteiger partial charge in [0.2, 0.25) is 15.9 Å². The van der Waals surface area contributed by atoms with Crippen LogP contribution in [0.3, 0.4) is 0 Å². The van der Waals surface area contributed by atoms with Crippen molar-refractivity contribution in [1.82, 2.24) is 9.62 Å². The number of ether oxygens (including phenoxy) is 1. The Labute approximate surface area is 137 Å². The summed E-state index contributed by atoms with van der Waals surface area (Å²) in [5, 5.41) is 0. The van der Waals surface area contributed by atoms with Crippen molar-refractivity contribution in [3.05, 3.63) is 29.3 Å². The van der Waals surface area contributed by atoms with Crippen molar-refractivity contribution in [1.29, 1.82) is 0 Å². The minimum absolute atomic E-state index is 0.0525. The van der Waals surface area contributed by atoms with Crippen LogP contribution in [0.15, 0.2) is 23.1 Å². The molecule has 0 radical (unpaired) electrons. The van der Waals surface area contributed by atoms with Gasteiger partial charge in [-0.2, -0.15) is 0 Å². The molecule has 128 valence electrons. The normalized spacial score (nSPS) is 16.6. The second-order valence-corrected chi connectivity index (χ2v) is 7.66. The van der Waals surface area contributed by atoms with E-state index < -0.39 is 10.0 Å². The fraction of sp³-hybridized carbons (Fsp3) is 0.562. The highest BCUT2D eigenvalue weighted by molar-refractivity contribution is 7.89. The summed E-state index contributed by atoms with van der Waals surface area (Å²) in [4.78, 5) is 13.8. The van der Waals surface area contributed by atoms with Crippen molar-refractivity contribution in [3.63, 3.8) is 0 Å². The zero-order valence-corrected chi connectivity index (χ0v) is 14.6. The number of benzene rings is 1. The lowest BCUT2D eigenvalue weighted by atomic mass is 10.1. The van der Waals surface area contributed by atoms with Crippen LogP contribution in [0.4, 0.5) is 0 Å². The molecule has 0 saturated carbocycles. The molecule has 1 aromatic carbocycles. The quantitative estimate of drug-likeness (QED) is 0.874. The molecule has 0 atom stereocenters. The number of likely N-dealkylation sites (tertiary alicyclic amines) is 1. The lowest BCUT2D eigenvalue weighted by Gasteiger charge is -2.32. The summed E-state index contributed by atoms with van der Waals surface area (Å²) in [6, 6.07) is 5.26. The highest BCUT2D eigenvalue weighted by Crippen LogP contribution is 2.19. The molecule has 1 aliphatic heterocycles. The first kappa shape index (κ1) is 17.9. The summed E-state index contributed by atoms with van der Waals surface area (Å²) >= 11 is 0. The van der Waals surface area contributed by atoms with Crippen molar-refractivity contribution in [2.24, 2.45) is 0 Å². The summed E-state index contributed by atoms with van der Waals surface area (Å²) in [5.74, 6) is -0.0525. The first-order valence-electron chi connectivity index (χ1n) is 7.70. The van der Waals surface area contributed by atoms with E-state index in [0.29, 0.717) is 30.8 Å². The predicted octanol–water partition coefficient (Wildman–Crippen LogP) is 1.22. The lowest BCUT2D eigenvalue weighted by Crippen LogP contribution is -2.47. The number of amides is 1. The maximum absolute atomic E-state index is 12.6. The van der Waals surface area contributed by atoms with Gasteiger partial charge in [0.1, 0.15) is 6.61 Å². The summed E-state index contributed by atoms with van der Waals surface area (Å²) in [5.41, 5.74) is 1.65. The Bertz CT molecular complexity index is 665. The largest absolute Gasteiger partial charge is 0.375 e. The molecule has 0 bridgehead atoms. The number of nitrogens with zero attached hydrogens (tertiary/aromatic N) is 1. The number of carbonyl (C=O) groups excluding carboxylic acids is 1. The third kappa shape index (κ3) is 4.53. The Morgan fingerprint density at radius 1 is 1.30 bits per heavy atom. The number of piperidine rings is 1. The zero-order chi connectivity index (χ0) is 17.0. The number of hydrogen-bond donors (Lipinski definition) is 1. The summed E-state index contributed by atoms with van der Waals surface area (Å²) in [6.45, 7) is 4.82. The van der Waals surface area contributed by atoms with Gasteiger partial charge in [0.25, 0.3) is 0 Å². The van der Waals surface area contributed by atoms with E-state index in [2.05, 4.69) is 4.72 Å². The summed E-state index contributed by atoms with van der Waals surface area (Å²) in [6.07, 6.45) is 1.22. The monoisotopic (exact) mass is 340 g/mol. The van der Waals surface area contributed by atoms with E-state index in [1.165, 1.54) is 7.11 Å². The SMILES string of the molecule is COCC(=O)N1CCC(NS(=O)(=O)c2cc(C)ccc2C)CC1. The van der Waals surface area contributed by atoms with Crippen LogP contribution >= 0.6 is 0 Å². The number of aryl methyl sites for hydroxylation is 2. The Hall–Kier alpha value is -1.44. The number of sulfonamides is 1. The number of carbonyl (C=O) groups is 1. The second-order valence-electron chi connectivity index (χ2n) is 5.98. The van der Waals surface area contributed by atoms with Crippen molar-refractivity contribution in [2.45, 2.75) is 37.6 Å². The van der Waals surface area contributed by atoms with Crippen LogP contribution in [-0.4, -0.2) is 52.1 Å². The predicted molar refractivity (Wildman–Crippen MR) is 87.7 cm³/mol. The molecule has 0 spiro atoms. The molecule has 2 rings (SSSR count). The molecule has 0 aliphatic carbocycles. The Morgan fingerprint density at radius 3 is 2.57 bits per heavy atom. The molecule has 7 heteroatoms. The van der Waals surface area contributed by atoms with Crippen LogP contribution < -0.4 is 4.72 Å². The molecule has 0 aromatic heterocycles. The van der Waals surface area contributed by atoms with Crippen LogP contribution in [-0.2, 0) is 19.6 Å². The van der Waals surface area contributed by atoms with Crippen LogP contribution in [0.2, 0.25) is 0 Å². The number of hydrogen-bond acceptors (Lipinski definition) is 4. The molecule has 1 amide bonds. The van der Waals surface area contributed by atoms with Crippen LogP contribution in [0, 0.1) is 13.8 Å². The van der Waals surface area contributed by atoms with E-state index in [1.807, 2.05) is 19.1 Å². The van der Waals surface area contributed by atoms with E-state index in [-0.39, 0.29) is 18.6 Å². The average molecular weight is 340 g/mol. The van der Waals surface area contributed by atoms with Gasteiger partial charge in [0, 0.05) is 26.2 Å². The molecule has 1 heterocycles. The van der Waals surface area contributed by atoms with Crippen molar-refractivity contribution < 1.29 is 17.9 Å². The third-order valence-corrected chi connectivity index (χ3v) is 5.73. The van der Waals surface area contributed by atoms with Gasteiger partial charge in [-0.05, 0) is 43.9 Å². The van der Waals surface area contributed by atoms with Gasteiger partial charge < -0.3 is 9.64 Å². The highest BCUT2D eigenvalue weighted by Gasteiger charge is 2.27. The molecule has 6 nitrogen and oxygen atoms in total. The minimum atomic E-state index is -3.54. The number of nitrogens with one attached hydrogen (secondary N) is 1. The molecule has 0 unspecified atom stereocenters. The van der Waals surface area contributed by atoms with Crippen molar-refractivity contribution in [3.8, 4) is 0 Å². The van der Waals surface area contributed by atoms with Crippen LogP contribution in [0.5, 0.6) is 0 Å². The fourth-order valence-corrected chi connectivity index (χ4v) is 4.38. The van der Waals surface area contributed by atoms with Gasteiger partial charge in [0.05, 0.1) is 4.90 Å². The second kappa shape index (κ2) is 7.42. The molecule has 1 aromatic rings. The first-order valence-corrected chi connectivity index (χ1v) is 9.18. The fourth-order valence-electron chi connectivity index (χ4n) is 2.74. The van der Waals surface area contributed by atoms with E-state index in [9.17, 15) is 13.2 Å². The van der Waals surface area contributed by atoms with E-state index in [0.717, 1.165) is 11.1 Å². The summed E-state index contributed by atoms with van der Waals surface area (Å²) in [7, 11) is -2.05. The maximum atomic E-state index is 12.6. The van der Waals surface area contributed by atoms with Gasteiger partial charge in [-0.15, -0.1) is 0 Å².